The van der Waals surface area contributed by atoms with Crippen molar-refractivity contribution in [1.29, 1.82) is 0 Å². The lowest BCUT2D eigenvalue weighted by Crippen LogP contribution is -2.32. The maximum atomic E-state index is 4.81. The van der Waals surface area contributed by atoms with Gasteiger partial charge in [-0.05, 0) is 27.4 Å². The first kappa shape index (κ1) is 14.3. The number of nitrogens with zero attached hydrogens (tertiary/aromatic N) is 2. The van der Waals surface area contributed by atoms with Gasteiger partial charge in [-0.25, -0.2) is 4.98 Å². The molecular formula is C13H23N3S2. The third-order valence-corrected chi connectivity index (χ3v) is 5.90. The molecule has 5 heteroatoms. The maximum absolute atomic E-state index is 4.81. The number of thiazole rings is 1. The van der Waals surface area contributed by atoms with Crippen molar-refractivity contribution in [3.05, 3.63) is 15.6 Å². The van der Waals surface area contributed by atoms with Gasteiger partial charge in [0, 0.05) is 29.0 Å². The Balaban J connectivity index is 2.17. The van der Waals surface area contributed by atoms with Crippen molar-refractivity contribution in [1.82, 2.24) is 15.2 Å². The van der Waals surface area contributed by atoms with Gasteiger partial charge < -0.3 is 5.32 Å². The largest absolute Gasteiger partial charge is 0.310 e. The summed E-state index contributed by atoms with van der Waals surface area (Å²) >= 11 is 3.93. The molecule has 0 amide bonds. The van der Waals surface area contributed by atoms with Crippen LogP contribution in [-0.4, -0.2) is 41.5 Å². The summed E-state index contributed by atoms with van der Waals surface area (Å²) in [4.78, 5) is 8.65. The van der Waals surface area contributed by atoms with Gasteiger partial charge in [0.05, 0.1) is 11.7 Å². The van der Waals surface area contributed by atoms with E-state index in [0.717, 1.165) is 6.54 Å². The van der Waals surface area contributed by atoms with E-state index in [4.69, 9.17) is 4.98 Å². The zero-order valence-corrected chi connectivity index (χ0v) is 13.3. The Morgan fingerprint density at radius 3 is 3.00 bits per heavy atom. The highest BCUT2D eigenvalue weighted by molar-refractivity contribution is 7.99. The van der Waals surface area contributed by atoms with E-state index in [2.05, 4.69) is 38.0 Å². The van der Waals surface area contributed by atoms with Crippen LogP contribution in [0.2, 0.25) is 0 Å². The summed E-state index contributed by atoms with van der Waals surface area (Å²) < 4.78 is 0. The Kier molecular flexibility index (Phi) is 5.06. The van der Waals surface area contributed by atoms with Crippen LogP contribution in [0.3, 0.4) is 0 Å². The molecule has 0 aliphatic carbocycles. The third-order valence-electron chi connectivity index (χ3n) is 3.43. The number of thioether (sulfide) groups is 1. The first-order chi connectivity index (χ1) is 8.63. The van der Waals surface area contributed by atoms with E-state index in [0.29, 0.717) is 12.1 Å². The van der Waals surface area contributed by atoms with Crippen molar-refractivity contribution in [2.24, 2.45) is 0 Å². The molecule has 0 spiro atoms. The van der Waals surface area contributed by atoms with Crippen LogP contribution in [0.25, 0.3) is 0 Å². The van der Waals surface area contributed by atoms with Crippen molar-refractivity contribution in [2.75, 3.05) is 31.6 Å². The number of hydrogen-bond acceptors (Lipinski definition) is 5. The smallest absolute Gasteiger partial charge is 0.111 e. The van der Waals surface area contributed by atoms with E-state index < -0.39 is 0 Å². The first-order valence-corrected chi connectivity index (χ1v) is 8.59. The second-order valence-electron chi connectivity index (χ2n) is 4.85. The lowest BCUT2D eigenvalue weighted by atomic mass is 10.2. The van der Waals surface area contributed by atoms with Gasteiger partial charge in [0.2, 0.25) is 0 Å². The normalized spacial score (nSPS) is 23.2. The molecule has 0 bridgehead atoms. The van der Waals surface area contributed by atoms with E-state index in [-0.39, 0.29) is 0 Å². The van der Waals surface area contributed by atoms with Gasteiger partial charge >= 0.3 is 0 Å². The lowest BCUT2D eigenvalue weighted by Gasteiger charge is -2.30. The lowest BCUT2D eigenvalue weighted by molar-refractivity contribution is 0.274. The van der Waals surface area contributed by atoms with E-state index in [1.165, 1.54) is 33.6 Å². The Labute approximate surface area is 118 Å². The van der Waals surface area contributed by atoms with Crippen LogP contribution in [0.4, 0.5) is 0 Å². The quantitative estimate of drug-likeness (QED) is 0.921. The Hall–Kier alpha value is -0.100. The van der Waals surface area contributed by atoms with E-state index in [9.17, 15) is 0 Å². The summed E-state index contributed by atoms with van der Waals surface area (Å²) in [5, 5.41) is 4.78. The summed E-state index contributed by atoms with van der Waals surface area (Å²) in [7, 11) is 2.22. The van der Waals surface area contributed by atoms with Crippen LogP contribution < -0.4 is 5.32 Å². The Morgan fingerprint density at radius 2 is 2.33 bits per heavy atom. The molecule has 2 atom stereocenters. The predicted octanol–water partition coefficient (Wildman–Crippen LogP) is 2.84. The summed E-state index contributed by atoms with van der Waals surface area (Å²) in [5.41, 5.74) is 1.20. The number of nitrogens with one attached hydrogen (secondary N) is 1. The molecule has 2 heterocycles. The van der Waals surface area contributed by atoms with Crippen LogP contribution in [0.5, 0.6) is 0 Å². The molecule has 2 rings (SSSR count). The van der Waals surface area contributed by atoms with E-state index in [1.54, 1.807) is 0 Å². The number of aryl methyl sites for hydroxylation is 1. The molecule has 1 saturated heterocycles. The van der Waals surface area contributed by atoms with Crippen molar-refractivity contribution in [3.63, 3.8) is 0 Å². The molecule has 1 fully saturated rings. The second kappa shape index (κ2) is 6.37. The second-order valence-corrected chi connectivity index (χ2v) is 7.06. The number of aromatic nitrogens is 1. The van der Waals surface area contributed by atoms with Gasteiger partial charge in [-0.2, -0.15) is 11.8 Å². The minimum absolute atomic E-state index is 0.419. The third kappa shape index (κ3) is 3.07. The van der Waals surface area contributed by atoms with Gasteiger partial charge in [-0.15, -0.1) is 11.3 Å². The molecule has 1 aromatic rings. The monoisotopic (exact) mass is 285 g/mol. The van der Waals surface area contributed by atoms with E-state index in [1.807, 2.05) is 23.1 Å². The molecule has 1 aliphatic rings. The van der Waals surface area contributed by atoms with E-state index >= 15 is 0 Å². The van der Waals surface area contributed by atoms with Gasteiger partial charge in [-0.1, -0.05) is 6.92 Å². The minimum atomic E-state index is 0.419. The molecular weight excluding hydrogens is 262 g/mol. The Bertz CT molecular complexity index is 392. The van der Waals surface area contributed by atoms with Crippen molar-refractivity contribution >= 4 is 23.1 Å². The van der Waals surface area contributed by atoms with Crippen molar-refractivity contribution in [2.45, 2.75) is 32.9 Å². The van der Waals surface area contributed by atoms with Crippen LogP contribution in [0.15, 0.2) is 0 Å². The Morgan fingerprint density at radius 1 is 1.56 bits per heavy atom. The average Bonchev–Trinajstić information content (AvgIpc) is 2.72. The fourth-order valence-corrected chi connectivity index (χ4v) is 4.90. The van der Waals surface area contributed by atoms with Crippen LogP contribution in [-0.2, 0) is 0 Å². The molecule has 2 unspecified atom stereocenters. The molecule has 1 aliphatic heterocycles. The molecule has 1 aromatic heterocycles. The zero-order chi connectivity index (χ0) is 13.1. The van der Waals surface area contributed by atoms with Gasteiger partial charge in [0.1, 0.15) is 5.01 Å². The van der Waals surface area contributed by atoms with Crippen molar-refractivity contribution < 1.29 is 0 Å². The van der Waals surface area contributed by atoms with Crippen LogP contribution in [0, 0.1) is 6.92 Å². The van der Waals surface area contributed by atoms with Crippen LogP contribution in [0.1, 0.15) is 41.5 Å². The maximum Gasteiger partial charge on any atom is 0.111 e. The summed E-state index contributed by atoms with van der Waals surface area (Å²) in [6.07, 6.45) is 0. The van der Waals surface area contributed by atoms with Gasteiger partial charge in [-0.3, -0.25) is 4.90 Å². The predicted molar refractivity (Wildman–Crippen MR) is 81.6 cm³/mol. The molecule has 3 nitrogen and oxygen atoms in total. The number of hydrogen-bond donors (Lipinski definition) is 1. The topological polar surface area (TPSA) is 28.2 Å². The standard InChI is InChI=1S/C13H23N3S2/c1-5-14-9(2)12-10(3)15-13(18-12)11-8-17-7-6-16(11)4/h9,11,14H,5-8H2,1-4H3. The van der Waals surface area contributed by atoms with Crippen LogP contribution >= 0.6 is 23.1 Å². The summed E-state index contributed by atoms with van der Waals surface area (Å²) in [5.74, 6) is 2.43. The highest BCUT2D eigenvalue weighted by Gasteiger charge is 2.25. The van der Waals surface area contributed by atoms with Crippen molar-refractivity contribution in [3.8, 4) is 0 Å². The van der Waals surface area contributed by atoms with Gasteiger partial charge in [0.25, 0.3) is 0 Å². The minimum Gasteiger partial charge on any atom is -0.310 e. The molecule has 1 N–H and O–H groups in total. The molecule has 0 aromatic carbocycles. The average molecular weight is 285 g/mol. The molecule has 18 heavy (non-hydrogen) atoms. The highest BCUT2D eigenvalue weighted by Crippen LogP contribution is 2.34. The van der Waals surface area contributed by atoms with Gasteiger partial charge in [0.15, 0.2) is 0 Å². The number of rotatable bonds is 4. The molecule has 0 radical (unpaired) electrons. The highest BCUT2D eigenvalue weighted by atomic mass is 32.2. The summed E-state index contributed by atoms with van der Waals surface area (Å²) in [6.45, 7) is 8.70. The molecule has 0 saturated carbocycles. The first-order valence-electron chi connectivity index (χ1n) is 6.62. The summed E-state index contributed by atoms with van der Waals surface area (Å²) in [6, 6.07) is 0.929. The molecule has 102 valence electrons. The zero-order valence-electron chi connectivity index (χ0n) is 11.7. The fraction of sp³-hybridized carbons (Fsp3) is 0.769. The SMILES string of the molecule is CCNC(C)c1sc(C2CSCCN2C)nc1C. The fourth-order valence-electron chi connectivity index (χ4n) is 2.32.